The molecule has 1 aliphatic rings. The van der Waals surface area contributed by atoms with E-state index in [0.29, 0.717) is 5.69 Å². The van der Waals surface area contributed by atoms with E-state index in [2.05, 4.69) is 50.1 Å². The van der Waals surface area contributed by atoms with Crippen molar-refractivity contribution in [3.63, 3.8) is 0 Å². The molecule has 0 saturated carbocycles. The van der Waals surface area contributed by atoms with Crippen LogP contribution in [0.1, 0.15) is 11.3 Å². The topological polar surface area (TPSA) is 56.1 Å². The molecule has 0 spiro atoms. The highest BCUT2D eigenvalue weighted by atomic mass is 15.3. The number of piperazine rings is 1. The molecule has 0 amide bonds. The molecule has 0 aliphatic carbocycles. The lowest BCUT2D eigenvalue weighted by molar-refractivity contribution is 0.260. The molecule has 5 heteroatoms. The fourth-order valence-corrected chi connectivity index (χ4v) is 2.67. The highest BCUT2D eigenvalue weighted by molar-refractivity contribution is 5.37. The Hall–Kier alpha value is -2.45. The van der Waals surface area contributed by atoms with Gasteiger partial charge >= 0.3 is 0 Å². The maximum absolute atomic E-state index is 8.75. The van der Waals surface area contributed by atoms with Crippen molar-refractivity contribution < 1.29 is 0 Å². The summed E-state index contributed by atoms with van der Waals surface area (Å²) in [4.78, 5) is 13.1. The summed E-state index contributed by atoms with van der Waals surface area (Å²) >= 11 is 0. The van der Waals surface area contributed by atoms with E-state index in [0.717, 1.165) is 45.0 Å². The van der Waals surface area contributed by atoms with Crippen molar-refractivity contribution in [3.8, 4) is 6.07 Å². The summed E-state index contributed by atoms with van der Waals surface area (Å²) in [5, 5.41) is 8.75. The predicted octanol–water partition coefficient (Wildman–Crippen LogP) is 1.71. The Morgan fingerprint density at radius 2 is 1.77 bits per heavy atom. The van der Waals surface area contributed by atoms with E-state index in [4.69, 9.17) is 5.26 Å². The Labute approximate surface area is 130 Å². The number of aromatic nitrogens is 2. The Kier molecular flexibility index (Phi) is 4.62. The molecule has 2 heterocycles. The molecule has 0 atom stereocenters. The lowest BCUT2D eigenvalue weighted by atomic mass is 10.1. The van der Waals surface area contributed by atoms with Crippen molar-refractivity contribution in [1.82, 2.24) is 14.9 Å². The van der Waals surface area contributed by atoms with Gasteiger partial charge in [0.25, 0.3) is 0 Å². The van der Waals surface area contributed by atoms with Gasteiger partial charge in [0.2, 0.25) is 0 Å². The molecule has 3 rings (SSSR count). The van der Waals surface area contributed by atoms with E-state index >= 15 is 0 Å². The maximum atomic E-state index is 8.75. The van der Waals surface area contributed by atoms with Crippen LogP contribution in [0.25, 0.3) is 0 Å². The van der Waals surface area contributed by atoms with Crippen LogP contribution in [0, 0.1) is 11.3 Å². The van der Waals surface area contributed by atoms with Crippen molar-refractivity contribution >= 4 is 5.82 Å². The quantitative estimate of drug-likeness (QED) is 0.859. The zero-order valence-electron chi connectivity index (χ0n) is 12.5. The number of anilines is 1. The van der Waals surface area contributed by atoms with Gasteiger partial charge in [-0.15, -0.1) is 0 Å². The van der Waals surface area contributed by atoms with Crippen molar-refractivity contribution in [2.45, 2.75) is 6.42 Å². The van der Waals surface area contributed by atoms with Crippen molar-refractivity contribution in [3.05, 3.63) is 54.0 Å². The van der Waals surface area contributed by atoms with Gasteiger partial charge in [-0.2, -0.15) is 5.26 Å². The number of hydrogen-bond donors (Lipinski definition) is 0. The van der Waals surface area contributed by atoms with E-state index in [1.54, 1.807) is 6.20 Å². The molecule has 0 radical (unpaired) electrons. The summed E-state index contributed by atoms with van der Waals surface area (Å²) in [6.45, 7) is 5.07. The largest absolute Gasteiger partial charge is 0.353 e. The van der Waals surface area contributed by atoms with Gasteiger partial charge < -0.3 is 4.90 Å². The molecule has 1 aliphatic heterocycles. The lowest BCUT2D eigenvalue weighted by Crippen LogP contribution is -2.47. The summed E-state index contributed by atoms with van der Waals surface area (Å²) in [6.07, 6.45) is 4.33. The molecular weight excluding hydrogens is 274 g/mol. The lowest BCUT2D eigenvalue weighted by Gasteiger charge is -2.35. The second-order valence-corrected chi connectivity index (χ2v) is 5.44. The van der Waals surface area contributed by atoms with E-state index < -0.39 is 0 Å². The minimum Gasteiger partial charge on any atom is -0.353 e. The van der Waals surface area contributed by atoms with Crippen LogP contribution in [0.15, 0.2) is 42.7 Å². The van der Waals surface area contributed by atoms with Crippen LogP contribution >= 0.6 is 0 Å². The summed E-state index contributed by atoms with van der Waals surface area (Å²) in [7, 11) is 0. The summed E-state index contributed by atoms with van der Waals surface area (Å²) in [5.74, 6) is 0.863. The Morgan fingerprint density at radius 3 is 2.41 bits per heavy atom. The molecule has 2 aromatic rings. The number of nitriles is 1. The maximum Gasteiger partial charge on any atom is 0.158 e. The summed E-state index contributed by atoms with van der Waals surface area (Å²) < 4.78 is 0. The van der Waals surface area contributed by atoms with E-state index in [1.165, 1.54) is 11.8 Å². The van der Waals surface area contributed by atoms with Crippen molar-refractivity contribution in [2.75, 3.05) is 37.6 Å². The second-order valence-electron chi connectivity index (χ2n) is 5.44. The molecule has 1 saturated heterocycles. The van der Waals surface area contributed by atoms with Crippen LogP contribution in [0.5, 0.6) is 0 Å². The molecule has 1 aromatic heterocycles. The normalized spacial score (nSPS) is 15.5. The van der Waals surface area contributed by atoms with Crippen molar-refractivity contribution in [1.29, 1.82) is 5.26 Å². The Morgan fingerprint density at radius 1 is 1.00 bits per heavy atom. The van der Waals surface area contributed by atoms with Crippen LogP contribution in [0.4, 0.5) is 5.82 Å². The molecule has 5 nitrogen and oxygen atoms in total. The van der Waals surface area contributed by atoms with E-state index in [1.807, 2.05) is 6.07 Å². The third kappa shape index (κ3) is 3.60. The predicted molar refractivity (Wildman–Crippen MR) is 85.5 cm³/mol. The van der Waals surface area contributed by atoms with Crippen LogP contribution in [-0.4, -0.2) is 47.6 Å². The third-order valence-corrected chi connectivity index (χ3v) is 4.01. The number of nitrogens with zero attached hydrogens (tertiary/aromatic N) is 5. The first-order valence-corrected chi connectivity index (χ1v) is 7.58. The average Bonchev–Trinajstić information content (AvgIpc) is 2.61. The highest BCUT2D eigenvalue weighted by Gasteiger charge is 2.17. The molecule has 112 valence electrons. The molecule has 0 unspecified atom stereocenters. The SMILES string of the molecule is N#Cc1cnc(N2CCN(CCc3ccccc3)CC2)cn1. The van der Waals surface area contributed by atoms with Gasteiger partial charge in [0, 0.05) is 32.7 Å². The van der Waals surface area contributed by atoms with Gasteiger partial charge in [-0.25, -0.2) is 9.97 Å². The van der Waals surface area contributed by atoms with Crippen LogP contribution in [-0.2, 0) is 6.42 Å². The van der Waals surface area contributed by atoms with Gasteiger partial charge in [0.1, 0.15) is 11.9 Å². The molecule has 22 heavy (non-hydrogen) atoms. The molecule has 1 fully saturated rings. The first-order valence-electron chi connectivity index (χ1n) is 7.58. The monoisotopic (exact) mass is 293 g/mol. The van der Waals surface area contributed by atoms with Crippen LogP contribution < -0.4 is 4.90 Å². The minimum atomic E-state index is 0.366. The van der Waals surface area contributed by atoms with Gasteiger partial charge in [0.05, 0.1) is 12.4 Å². The fourth-order valence-electron chi connectivity index (χ4n) is 2.67. The van der Waals surface area contributed by atoms with E-state index in [9.17, 15) is 0 Å². The fraction of sp³-hybridized carbons (Fsp3) is 0.353. The number of hydrogen-bond acceptors (Lipinski definition) is 5. The van der Waals surface area contributed by atoms with Crippen molar-refractivity contribution in [2.24, 2.45) is 0 Å². The molecule has 1 aromatic carbocycles. The van der Waals surface area contributed by atoms with Gasteiger partial charge in [-0.1, -0.05) is 30.3 Å². The Balaban J connectivity index is 1.48. The van der Waals surface area contributed by atoms with Gasteiger partial charge in [-0.3, -0.25) is 4.90 Å². The summed E-state index contributed by atoms with van der Waals surface area (Å²) in [5.41, 5.74) is 1.76. The van der Waals surface area contributed by atoms with Gasteiger partial charge in [-0.05, 0) is 12.0 Å². The van der Waals surface area contributed by atoms with Gasteiger partial charge in [0.15, 0.2) is 5.69 Å². The van der Waals surface area contributed by atoms with E-state index in [-0.39, 0.29) is 0 Å². The average molecular weight is 293 g/mol. The van der Waals surface area contributed by atoms with Crippen LogP contribution in [0.2, 0.25) is 0 Å². The molecule has 0 N–H and O–H groups in total. The number of benzene rings is 1. The Bertz CT molecular complexity index is 624. The van der Waals surface area contributed by atoms with Crippen LogP contribution in [0.3, 0.4) is 0 Å². The number of rotatable bonds is 4. The molecule has 0 bridgehead atoms. The molecular formula is C17H19N5. The first kappa shape index (κ1) is 14.5. The zero-order chi connectivity index (χ0) is 15.2. The minimum absolute atomic E-state index is 0.366. The third-order valence-electron chi connectivity index (χ3n) is 4.01. The first-order chi connectivity index (χ1) is 10.8. The highest BCUT2D eigenvalue weighted by Crippen LogP contribution is 2.12. The second kappa shape index (κ2) is 7.01. The summed E-state index contributed by atoms with van der Waals surface area (Å²) in [6, 6.07) is 12.6. The standard InChI is InChI=1S/C17H19N5/c18-12-16-13-20-17(14-19-16)22-10-8-21(9-11-22)7-6-15-4-2-1-3-5-15/h1-5,13-14H,6-11H2. The smallest absolute Gasteiger partial charge is 0.158 e. The zero-order valence-corrected chi connectivity index (χ0v) is 12.5.